The molecular weight excluding hydrogens is 372 g/mol. The minimum atomic E-state index is 0.0500. The molecule has 30 heavy (non-hydrogen) atoms. The van der Waals surface area contributed by atoms with E-state index in [1.54, 1.807) is 0 Å². The molecule has 1 amide bonds. The molecule has 0 bridgehead atoms. The van der Waals surface area contributed by atoms with Crippen molar-refractivity contribution in [1.29, 1.82) is 0 Å². The summed E-state index contributed by atoms with van der Waals surface area (Å²) in [7, 11) is 0. The van der Waals surface area contributed by atoms with Gasteiger partial charge in [0.15, 0.2) is 0 Å². The highest BCUT2D eigenvalue weighted by Crippen LogP contribution is 2.15. The quantitative estimate of drug-likeness (QED) is 0.554. The van der Waals surface area contributed by atoms with Gasteiger partial charge < -0.3 is 5.32 Å². The molecular formula is C25H32N4O. The van der Waals surface area contributed by atoms with Gasteiger partial charge in [-0.3, -0.25) is 14.4 Å². The lowest BCUT2D eigenvalue weighted by Crippen LogP contribution is -2.37. The molecule has 158 valence electrons. The van der Waals surface area contributed by atoms with Crippen LogP contribution < -0.4 is 5.32 Å². The molecule has 0 aliphatic carbocycles. The third-order valence-corrected chi connectivity index (χ3v) is 5.32. The number of hydrogen-bond donors (Lipinski definition) is 1. The highest BCUT2D eigenvalue weighted by atomic mass is 16.2. The minimum absolute atomic E-state index is 0.0500. The van der Waals surface area contributed by atoms with Gasteiger partial charge in [0.2, 0.25) is 5.91 Å². The highest BCUT2D eigenvalue weighted by Gasteiger charge is 2.15. The fourth-order valence-electron chi connectivity index (χ4n) is 3.72. The first-order valence-electron chi connectivity index (χ1n) is 10.7. The number of carbonyl (C=O) groups is 1. The molecule has 1 N–H and O–H groups in total. The van der Waals surface area contributed by atoms with E-state index < -0.39 is 0 Å². The summed E-state index contributed by atoms with van der Waals surface area (Å²) in [6.07, 6.45) is 1.02. The van der Waals surface area contributed by atoms with Crippen molar-refractivity contribution < 1.29 is 4.79 Å². The molecule has 5 heteroatoms. The second-order valence-electron chi connectivity index (χ2n) is 7.77. The molecule has 2 aromatic carbocycles. The number of amides is 1. The van der Waals surface area contributed by atoms with Crippen molar-refractivity contribution in [3.05, 3.63) is 88.7 Å². The van der Waals surface area contributed by atoms with Gasteiger partial charge in [-0.15, -0.1) is 0 Å². The second-order valence-corrected chi connectivity index (χ2v) is 7.77. The average molecular weight is 405 g/mol. The summed E-state index contributed by atoms with van der Waals surface area (Å²) in [6, 6.07) is 20.6. The molecule has 0 unspecified atom stereocenters. The van der Waals surface area contributed by atoms with Crippen LogP contribution in [0.2, 0.25) is 0 Å². The summed E-state index contributed by atoms with van der Waals surface area (Å²) in [6.45, 7) is 9.56. The number of rotatable bonds is 10. The van der Waals surface area contributed by atoms with Crippen LogP contribution in [0.3, 0.4) is 0 Å². The standard InChI is InChI=1S/C25H32N4O/c1-4-15-28(17-22-11-7-5-8-12-22)19-25(30)26-16-24-20(2)27-29(21(24)3)18-23-13-9-6-10-14-23/h5-14H,4,15-19H2,1-3H3,(H,26,30). The first-order chi connectivity index (χ1) is 14.6. The summed E-state index contributed by atoms with van der Waals surface area (Å²) < 4.78 is 2.02. The molecule has 1 aromatic heterocycles. The molecule has 5 nitrogen and oxygen atoms in total. The zero-order chi connectivity index (χ0) is 21.3. The molecule has 0 atom stereocenters. The van der Waals surface area contributed by atoms with Crippen LogP contribution in [0.5, 0.6) is 0 Å². The third-order valence-electron chi connectivity index (χ3n) is 5.32. The van der Waals surface area contributed by atoms with Crippen LogP contribution >= 0.6 is 0 Å². The van der Waals surface area contributed by atoms with Crippen LogP contribution in [0, 0.1) is 13.8 Å². The molecule has 0 radical (unpaired) electrons. The van der Waals surface area contributed by atoms with Gasteiger partial charge in [-0.25, -0.2) is 0 Å². The summed E-state index contributed by atoms with van der Waals surface area (Å²) >= 11 is 0. The molecule has 3 rings (SSSR count). The molecule has 3 aromatic rings. The van der Waals surface area contributed by atoms with Crippen molar-refractivity contribution in [2.45, 2.75) is 46.8 Å². The topological polar surface area (TPSA) is 50.2 Å². The zero-order valence-electron chi connectivity index (χ0n) is 18.3. The Hall–Kier alpha value is -2.92. The first-order valence-corrected chi connectivity index (χ1v) is 10.7. The van der Waals surface area contributed by atoms with E-state index in [2.05, 4.69) is 53.4 Å². The summed E-state index contributed by atoms with van der Waals surface area (Å²) in [4.78, 5) is 14.8. The van der Waals surface area contributed by atoms with Gasteiger partial charge in [-0.05, 0) is 37.9 Å². The van der Waals surface area contributed by atoms with Gasteiger partial charge >= 0.3 is 0 Å². The number of aromatic nitrogens is 2. The Morgan fingerprint density at radius 1 is 1.00 bits per heavy atom. The van der Waals surface area contributed by atoms with Crippen molar-refractivity contribution in [3.8, 4) is 0 Å². The fourth-order valence-corrected chi connectivity index (χ4v) is 3.72. The maximum absolute atomic E-state index is 12.6. The van der Waals surface area contributed by atoms with E-state index in [-0.39, 0.29) is 5.91 Å². The number of carbonyl (C=O) groups excluding carboxylic acids is 1. The Kier molecular flexibility index (Phi) is 7.80. The lowest BCUT2D eigenvalue weighted by atomic mass is 10.2. The van der Waals surface area contributed by atoms with Gasteiger partial charge in [-0.1, -0.05) is 67.6 Å². The molecule has 0 fully saturated rings. The van der Waals surface area contributed by atoms with E-state index in [9.17, 15) is 4.79 Å². The first kappa shape index (κ1) is 21.8. The van der Waals surface area contributed by atoms with Crippen LogP contribution in [0.1, 0.15) is 41.4 Å². The van der Waals surface area contributed by atoms with Crippen LogP contribution in [-0.2, 0) is 24.4 Å². The smallest absolute Gasteiger partial charge is 0.234 e. The second kappa shape index (κ2) is 10.7. The maximum Gasteiger partial charge on any atom is 0.234 e. The van der Waals surface area contributed by atoms with Gasteiger partial charge in [0, 0.05) is 24.3 Å². The van der Waals surface area contributed by atoms with E-state index in [0.29, 0.717) is 13.1 Å². The van der Waals surface area contributed by atoms with Gasteiger partial charge in [0.25, 0.3) is 0 Å². The predicted octanol–water partition coefficient (Wildman–Crippen LogP) is 4.08. The van der Waals surface area contributed by atoms with Crippen LogP contribution in [0.15, 0.2) is 60.7 Å². The largest absolute Gasteiger partial charge is 0.351 e. The monoisotopic (exact) mass is 404 g/mol. The lowest BCUT2D eigenvalue weighted by molar-refractivity contribution is -0.122. The van der Waals surface area contributed by atoms with Crippen molar-refractivity contribution in [2.24, 2.45) is 0 Å². The number of nitrogens with one attached hydrogen (secondary N) is 1. The molecule has 0 aliphatic rings. The SMILES string of the molecule is CCCN(CC(=O)NCc1c(C)nn(Cc2ccccc2)c1C)Cc1ccccc1. The molecule has 0 saturated carbocycles. The highest BCUT2D eigenvalue weighted by molar-refractivity contribution is 5.78. The van der Waals surface area contributed by atoms with E-state index in [1.165, 1.54) is 11.1 Å². The zero-order valence-corrected chi connectivity index (χ0v) is 18.3. The van der Waals surface area contributed by atoms with Gasteiger partial charge in [0.05, 0.1) is 18.8 Å². The Morgan fingerprint density at radius 3 is 2.27 bits per heavy atom. The average Bonchev–Trinajstić information content (AvgIpc) is 3.00. The van der Waals surface area contributed by atoms with Crippen LogP contribution in [0.4, 0.5) is 0 Å². The maximum atomic E-state index is 12.6. The number of nitrogens with zero attached hydrogens (tertiary/aromatic N) is 3. The Labute approximate surface area is 179 Å². The predicted molar refractivity (Wildman–Crippen MR) is 121 cm³/mol. The van der Waals surface area contributed by atoms with Gasteiger partial charge in [-0.2, -0.15) is 5.10 Å². The fraction of sp³-hybridized carbons (Fsp3) is 0.360. The third kappa shape index (κ3) is 6.04. The van der Waals surface area contributed by atoms with E-state index in [1.807, 2.05) is 48.0 Å². The Bertz CT molecular complexity index is 935. The molecule has 0 saturated heterocycles. The minimum Gasteiger partial charge on any atom is -0.351 e. The van der Waals surface area contributed by atoms with E-state index in [4.69, 9.17) is 0 Å². The van der Waals surface area contributed by atoms with Crippen molar-refractivity contribution >= 4 is 5.91 Å². The van der Waals surface area contributed by atoms with Gasteiger partial charge in [0.1, 0.15) is 0 Å². The van der Waals surface area contributed by atoms with E-state index in [0.717, 1.165) is 43.0 Å². The Balaban J connectivity index is 1.58. The summed E-state index contributed by atoms with van der Waals surface area (Å²) in [5, 5.41) is 7.78. The van der Waals surface area contributed by atoms with Crippen molar-refractivity contribution in [1.82, 2.24) is 20.0 Å². The summed E-state index contributed by atoms with van der Waals surface area (Å²) in [5.41, 5.74) is 5.62. The van der Waals surface area contributed by atoms with Crippen molar-refractivity contribution in [3.63, 3.8) is 0 Å². The lowest BCUT2D eigenvalue weighted by Gasteiger charge is -2.21. The normalized spacial score (nSPS) is 11.1. The number of benzene rings is 2. The van der Waals surface area contributed by atoms with Crippen LogP contribution in [0.25, 0.3) is 0 Å². The molecule has 0 spiro atoms. The number of hydrogen-bond acceptors (Lipinski definition) is 3. The van der Waals surface area contributed by atoms with Crippen LogP contribution in [-0.4, -0.2) is 33.7 Å². The number of aryl methyl sites for hydroxylation is 1. The van der Waals surface area contributed by atoms with E-state index >= 15 is 0 Å². The van der Waals surface area contributed by atoms with Crippen molar-refractivity contribution in [2.75, 3.05) is 13.1 Å². The molecule has 1 heterocycles. The summed E-state index contributed by atoms with van der Waals surface area (Å²) in [5.74, 6) is 0.0500. The molecule has 0 aliphatic heterocycles. The Morgan fingerprint density at radius 2 is 1.63 bits per heavy atom.